The van der Waals surface area contributed by atoms with Gasteiger partial charge in [-0.2, -0.15) is 0 Å². The van der Waals surface area contributed by atoms with Crippen molar-refractivity contribution in [2.75, 3.05) is 0 Å². The second-order valence-corrected chi connectivity index (χ2v) is 11.3. The Morgan fingerprint density at radius 1 is 0.356 bits per heavy atom. The van der Waals surface area contributed by atoms with Crippen molar-refractivity contribution < 1.29 is 4.42 Å². The fraction of sp³-hybridized carbons (Fsp3) is 0. The number of hydrogen-bond acceptors (Lipinski definition) is 4. The summed E-state index contributed by atoms with van der Waals surface area (Å²) in [6.07, 6.45) is 0. The van der Waals surface area contributed by atoms with Gasteiger partial charge in [0.2, 0.25) is 0 Å². The number of benzene rings is 7. The summed E-state index contributed by atoms with van der Waals surface area (Å²) in [5.74, 6) is 1.91. The van der Waals surface area contributed by atoms with Crippen molar-refractivity contribution in [1.29, 1.82) is 0 Å². The van der Waals surface area contributed by atoms with Gasteiger partial charge in [-0.3, -0.25) is 0 Å². The van der Waals surface area contributed by atoms with Gasteiger partial charge in [-0.15, -0.1) is 0 Å². The molecule has 0 aliphatic carbocycles. The Balaban J connectivity index is 1.22. The number of rotatable bonds is 4. The second-order valence-electron chi connectivity index (χ2n) is 11.3. The Morgan fingerprint density at radius 3 is 1.71 bits per heavy atom. The third-order valence-corrected chi connectivity index (χ3v) is 8.47. The molecule has 4 heteroatoms. The van der Waals surface area contributed by atoms with Crippen molar-refractivity contribution in [2.24, 2.45) is 0 Å². The molecule has 0 N–H and O–H groups in total. The van der Waals surface area contributed by atoms with E-state index in [1.54, 1.807) is 0 Å². The van der Waals surface area contributed by atoms with Crippen LogP contribution in [-0.2, 0) is 0 Å². The minimum atomic E-state index is 0.629. The molecule has 9 aromatic rings. The van der Waals surface area contributed by atoms with E-state index in [1.807, 2.05) is 36.4 Å². The highest BCUT2D eigenvalue weighted by atomic mass is 16.3. The number of fused-ring (bicyclic) bond motifs is 5. The summed E-state index contributed by atoms with van der Waals surface area (Å²) in [5, 5.41) is 6.89. The first-order valence-corrected chi connectivity index (χ1v) is 15.0. The van der Waals surface area contributed by atoms with Crippen molar-refractivity contribution in [3.63, 3.8) is 0 Å². The summed E-state index contributed by atoms with van der Waals surface area (Å²) < 4.78 is 6.36. The van der Waals surface area contributed by atoms with Crippen molar-refractivity contribution >= 4 is 43.5 Å². The fourth-order valence-electron chi connectivity index (χ4n) is 6.26. The van der Waals surface area contributed by atoms with Gasteiger partial charge < -0.3 is 4.42 Å². The number of furan rings is 1. The van der Waals surface area contributed by atoms with Crippen LogP contribution < -0.4 is 0 Å². The fourth-order valence-corrected chi connectivity index (χ4v) is 6.26. The van der Waals surface area contributed by atoms with E-state index in [0.717, 1.165) is 55.1 Å². The largest absolute Gasteiger partial charge is 0.456 e. The highest BCUT2D eigenvalue weighted by molar-refractivity contribution is 6.15. The van der Waals surface area contributed by atoms with Crippen LogP contribution in [0, 0.1) is 0 Å². The average molecular weight is 576 g/mol. The summed E-state index contributed by atoms with van der Waals surface area (Å²) in [6, 6.07) is 52.3. The lowest BCUT2D eigenvalue weighted by Crippen LogP contribution is -2.00. The Bertz CT molecular complexity index is 2550. The lowest BCUT2D eigenvalue weighted by atomic mass is 9.97. The quantitative estimate of drug-likeness (QED) is 0.209. The summed E-state index contributed by atoms with van der Waals surface area (Å²) in [5.41, 5.74) is 6.75. The molecule has 0 saturated heterocycles. The van der Waals surface area contributed by atoms with Crippen LogP contribution in [0.4, 0.5) is 0 Å². The van der Waals surface area contributed by atoms with Crippen LogP contribution in [0.15, 0.2) is 156 Å². The lowest BCUT2D eigenvalue weighted by molar-refractivity contribution is 0.669. The molecule has 2 aromatic heterocycles. The molecule has 0 aliphatic heterocycles. The predicted octanol–water partition coefficient (Wildman–Crippen LogP) is 10.7. The van der Waals surface area contributed by atoms with Crippen LogP contribution in [-0.4, -0.2) is 15.0 Å². The van der Waals surface area contributed by atoms with Gasteiger partial charge in [0, 0.05) is 27.5 Å². The first kappa shape index (κ1) is 25.4. The molecular weight excluding hydrogens is 550 g/mol. The van der Waals surface area contributed by atoms with Crippen molar-refractivity contribution in [2.45, 2.75) is 0 Å². The van der Waals surface area contributed by atoms with Gasteiger partial charge in [-0.05, 0) is 63.0 Å². The molecule has 0 bridgehead atoms. The van der Waals surface area contributed by atoms with Crippen LogP contribution in [0.3, 0.4) is 0 Å². The van der Waals surface area contributed by atoms with Crippen molar-refractivity contribution in [3.8, 4) is 45.3 Å². The van der Waals surface area contributed by atoms with E-state index in [2.05, 4.69) is 115 Å². The normalized spacial score (nSPS) is 11.6. The highest BCUT2D eigenvalue weighted by Gasteiger charge is 2.16. The van der Waals surface area contributed by atoms with Gasteiger partial charge in [0.1, 0.15) is 11.2 Å². The molecule has 9 rings (SSSR count). The summed E-state index contributed by atoms with van der Waals surface area (Å²) in [7, 11) is 0. The molecule has 7 aromatic carbocycles. The van der Waals surface area contributed by atoms with Crippen molar-refractivity contribution in [1.82, 2.24) is 15.0 Å². The van der Waals surface area contributed by atoms with Crippen molar-refractivity contribution in [3.05, 3.63) is 152 Å². The van der Waals surface area contributed by atoms with E-state index in [-0.39, 0.29) is 0 Å². The molecule has 0 spiro atoms. The molecule has 4 nitrogen and oxygen atoms in total. The minimum absolute atomic E-state index is 0.629. The average Bonchev–Trinajstić information content (AvgIpc) is 3.48. The number of aromatic nitrogens is 3. The Hall–Kier alpha value is -6.13. The van der Waals surface area contributed by atoms with Crippen LogP contribution in [0.2, 0.25) is 0 Å². The van der Waals surface area contributed by atoms with Gasteiger partial charge in [0.15, 0.2) is 17.5 Å². The molecule has 0 radical (unpaired) electrons. The zero-order chi connectivity index (χ0) is 29.7. The van der Waals surface area contributed by atoms with Crippen LogP contribution in [0.25, 0.3) is 88.8 Å². The topological polar surface area (TPSA) is 51.8 Å². The third kappa shape index (κ3) is 4.43. The number of nitrogens with zero attached hydrogens (tertiary/aromatic N) is 3. The molecule has 0 fully saturated rings. The SMILES string of the molecule is c1ccc(-c2nc(-c3cccc(-c4cccc5oc6cc7ccccc7cc6c45)c3)nc(-c3ccc4ccccc4c3)n2)cc1. The molecule has 0 saturated carbocycles. The summed E-state index contributed by atoms with van der Waals surface area (Å²) in [6.45, 7) is 0. The van der Waals surface area contributed by atoms with E-state index in [4.69, 9.17) is 19.4 Å². The van der Waals surface area contributed by atoms with Gasteiger partial charge in [-0.25, -0.2) is 15.0 Å². The maximum atomic E-state index is 6.36. The second kappa shape index (κ2) is 10.2. The third-order valence-electron chi connectivity index (χ3n) is 8.47. The molecule has 0 atom stereocenters. The molecule has 0 amide bonds. The zero-order valence-electron chi connectivity index (χ0n) is 24.2. The number of hydrogen-bond donors (Lipinski definition) is 0. The van der Waals surface area contributed by atoms with E-state index in [0.29, 0.717) is 17.5 Å². The van der Waals surface area contributed by atoms with Crippen LogP contribution in [0.1, 0.15) is 0 Å². The van der Waals surface area contributed by atoms with Gasteiger partial charge in [0.25, 0.3) is 0 Å². The van der Waals surface area contributed by atoms with E-state index in [9.17, 15) is 0 Å². The monoisotopic (exact) mass is 575 g/mol. The standard InChI is InChI=1S/C41H25N3O/c1-2-11-27(12-3-1)39-42-40(44-41(43-39)33-21-20-26-10-4-5-13-28(26)22-33)32-17-8-16-31(23-32)34-18-9-19-36-38(34)35-24-29-14-6-7-15-30(29)25-37(35)45-36/h1-25H. The van der Waals surface area contributed by atoms with Gasteiger partial charge >= 0.3 is 0 Å². The lowest BCUT2D eigenvalue weighted by Gasteiger charge is -2.10. The molecule has 2 heterocycles. The molecular formula is C41H25N3O. The molecule has 0 aliphatic rings. The molecule has 210 valence electrons. The van der Waals surface area contributed by atoms with Gasteiger partial charge in [-0.1, -0.05) is 121 Å². The Kier molecular flexibility index (Phi) is 5.78. The summed E-state index contributed by atoms with van der Waals surface area (Å²) in [4.78, 5) is 15.0. The predicted molar refractivity (Wildman–Crippen MR) is 184 cm³/mol. The Labute approximate surface area is 259 Å². The van der Waals surface area contributed by atoms with Gasteiger partial charge in [0.05, 0.1) is 0 Å². The maximum Gasteiger partial charge on any atom is 0.164 e. The smallest absolute Gasteiger partial charge is 0.164 e. The van der Waals surface area contributed by atoms with E-state index >= 15 is 0 Å². The van der Waals surface area contributed by atoms with Crippen LogP contribution in [0.5, 0.6) is 0 Å². The first-order chi connectivity index (χ1) is 22.3. The highest BCUT2D eigenvalue weighted by Crippen LogP contribution is 2.39. The van der Waals surface area contributed by atoms with E-state index < -0.39 is 0 Å². The maximum absolute atomic E-state index is 6.36. The summed E-state index contributed by atoms with van der Waals surface area (Å²) >= 11 is 0. The zero-order valence-corrected chi connectivity index (χ0v) is 24.2. The van der Waals surface area contributed by atoms with E-state index in [1.165, 1.54) is 16.2 Å². The Morgan fingerprint density at radius 2 is 0.933 bits per heavy atom. The van der Waals surface area contributed by atoms with Crippen LogP contribution >= 0.6 is 0 Å². The molecule has 45 heavy (non-hydrogen) atoms. The minimum Gasteiger partial charge on any atom is -0.456 e. The first-order valence-electron chi connectivity index (χ1n) is 15.0. The molecule has 0 unspecified atom stereocenters.